The van der Waals surface area contributed by atoms with Gasteiger partial charge in [-0.3, -0.25) is 14.8 Å². The Morgan fingerprint density at radius 2 is 1.80 bits per heavy atom. The Bertz CT molecular complexity index is 1180. The van der Waals surface area contributed by atoms with Gasteiger partial charge in [-0.2, -0.15) is 5.26 Å². The van der Waals surface area contributed by atoms with Gasteiger partial charge in [-0.25, -0.2) is 4.98 Å². The Labute approximate surface area is 142 Å². The number of rotatable bonds is 2. The minimum Gasteiger partial charge on any atom is -0.320 e. The summed E-state index contributed by atoms with van der Waals surface area (Å²) >= 11 is 0. The number of nitrogens with zero attached hydrogens (tertiary/aromatic N) is 4. The summed E-state index contributed by atoms with van der Waals surface area (Å²) < 4.78 is 0. The van der Waals surface area contributed by atoms with E-state index < -0.39 is 5.56 Å². The highest BCUT2D eigenvalue weighted by Crippen LogP contribution is 2.29. The topological polar surface area (TPSA) is 95.3 Å². The third-order valence-corrected chi connectivity index (χ3v) is 3.86. The third kappa shape index (κ3) is 2.64. The molecule has 0 fully saturated rings. The Morgan fingerprint density at radius 1 is 1.04 bits per heavy atom. The summed E-state index contributed by atoms with van der Waals surface area (Å²) in [6, 6.07) is 14.6. The summed E-state index contributed by atoms with van der Waals surface area (Å²) in [5, 5.41) is 9.21. The Morgan fingerprint density at radius 3 is 2.56 bits per heavy atom. The van der Waals surface area contributed by atoms with Crippen LogP contribution in [-0.4, -0.2) is 19.9 Å². The van der Waals surface area contributed by atoms with E-state index in [1.54, 1.807) is 36.8 Å². The van der Waals surface area contributed by atoms with Crippen LogP contribution in [0.5, 0.6) is 0 Å². The monoisotopic (exact) mass is 325 g/mol. The lowest BCUT2D eigenvalue weighted by atomic mass is 10.0. The molecule has 1 N–H and O–H groups in total. The number of benzene rings is 1. The molecule has 0 spiro atoms. The molecule has 0 aliphatic heterocycles. The number of fused-ring (bicyclic) bond motifs is 1. The molecule has 6 nitrogen and oxygen atoms in total. The molecule has 0 radical (unpaired) electrons. The lowest BCUT2D eigenvalue weighted by Gasteiger charge is -2.10. The van der Waals surface area contributed by atoms with Crippen molar-refractivity contribution >= 4 is 11.0 Å². The van der Waals surface area contributed by atoms with E-state index in [2.05, 4.69) is 19.9 Å². The van der Waals surface area contributed by atoms with Crippen LogP contribution in [0.15, 0.2) is 65.8 Å². The molecule has 0 atom stereocenters. The van der Waals surface area contributed by atoms with Crippen molar-refractivity contribution in [3.05, 3.63) is 77.0 Å². The van der Waals surface area contributed by atoms with E-state index >= 15 is 0 Å². The molecule has 0 aliphatic carbocycles. The summed E-state index contributed by atoms with van der Waals surface area (Å²) in [6.07, 6.45) is 4.92. The molecule has 4 rings (SSSR count). The van der Waals surface area contributed by atoms with Crippen LogP contribution < -0.4 is 5.56 Å². The standard InChI is InChI=1S/C19H11N5O/c20-10-13-9-14(17-11-22-15-3-1-2-4-16(15)23-17)18(24-19(13)25)12-5-7-21-8-6-12/h1-9,11H,(H,24,25). The van der Waals surface area contributed by atoms with E-state index in [0.29, 0.717) is 17.0 Å². The maximum Gasteiger partial charge on any atom is 0.266 e. The van der Waals surface area contributed by atoms with Gasteiger partial charge in [-0.1, -0.05) is 12.1 Å². The quantitative estimate of drug-likeness (QED) is 0.611. The van der Waals surface area contributed by atoms with Gasteiger partial charge in [-0.05, 0) is 30.3 Å². The molecule has 25 heavy (non-hydrogen) atoms. The minimum atomic E-state index is -0.438. The minimum absolute atomic E-state index is 0.0303. The molecular weight excluding hydrogens is 314 g/mol. The average molecular weight is 325 g/mol. The van der Waals surface area contributed by atoms with Crippen molar-refractivity contribution in [3.63, 3.8) is 0 Å². The van der Waals surface area contributed by atoms with Gasteiger partial charge in [0.15, 0.2) is 0 Å². The SMILES string of the molecule is N#Cc1cc(-c2cnc3ccccc3n2)c(-c2ccncc2)[nH]c1=O. The molecule has 0 amide bonds. The number of nitriles is 1. The van der Waals surface area contributed by atoms with E-state index in [-0.39, 0.29) is 5.56 Å². The third-order valence-electron chi connectivity index (χ3n) is 3.86. The number of hydrogen-bond acceptors (Lipinski definition) is 5. The highest BCUT2D eigenvalue weighted by atomic mass is 16.1. The fraction of sp³-hybridized carbons (Fsp3) is 0. The molecule has 0 bridgehead atoms. The Hall–Kier alpha value is -3.85. The van der Waals surface area contributed by atoms with Crippen LogP contribution in [0.4, 0.5) is 0 Å². The van der Waals surface area contributed by atoms with Gasteiger partial charge in [0.25, 0.3) is 5.56 Å². The number of para-hydroxylation sites is 2. The van der Waals surface area contributed by atoms with Gasteiger partial charge in [0.1, 0.15) is 11.6 Å². The fourth-order valence-electron chi connectivity index (χ4n) is 2.65. The fourth-order valence-corrected chi connectivity index (χ4v) is 2.65. The smallest absolute Gasteiger partial charge is 0.266 e. The van der Waals surface area contributed by atoms with Crippen molar-refractivity contribution in [1.29, 1.82) is 5.26 Å². The molecule has 0 saturated carbocycles. The van der Waals surface area contributed by atoms with E-state index in [0.717, 1.165) is 16.6 Å². The van der Waals surface area contributed by atoms with Crippen LogP contribution in [-0.2, 0) is 0 Å². The van der Waals surface area contributed by atoms with E-state index in [4.69, 9.17) is 0 Å². The van der Waals surface area contributed by atoms with Crippen LogP contribution in [0.25, 0.3) is 33.5 Å². The summed E-state index contributed by atoms with van der Waals surface area (Å²) in [5.41, 5.74) is 3.69. The van der Waals surface area contributed by atoms with Crippen LogP contribution in [0.3, 0.4) is 0 Å². The summed E-state index contributed by atoms with van der Waals surface area (Å²) in [7, 11) is 0. The largest absolute Gasteiger partial charge is 0.320 e. The van der Waals surface area contributed by atoms with Gasteiger partial charge >= 0.3 is 0 Å². The molecule has 0 unspecified atom stereocenters. The number of hydrogen-bond donors (Lipinski definition) is 1. The van der Waals surface area contributed by atoms with Gasteiger partial charge in [0, 0.05) is 23.5 Å². The molecular formula is C19H11N5O. The highest BCUT2D eigenvalue weighted by molar-refractivity contribution is 5.83. The van der Waals surface area contributed by atoms with Crippen molar-refractivity contribution < 1.29 is 0 Å². The Balaban J connectivity index is 2.01. The maximum absolute atomic E-state index is 12.1. The van der Waals surface area contributed by atoms with Crippen molar-refractivity contribution in [2.75, 3.05) is 0 Å². The molecule has 3 aromatic heterocycles. The maximum atomic E-state index is 12.1. The van der Waals surface area contributed by atoms with Gasteiger partial charge in [-0.15, -0.1) is 0 Å². The lowest BCUT2D eigenvalue weighted by molar-refractivity contribution is 1.20. The lowest BCUT2D eigenvalue weighted by Crippen LogP contribution is -2.12. The van der Waals surface area contributed by atoms with Crippen molar-refractivity contribution in [1.82, 2.24) is 19.9 Å². The first-order chi connectivity index (χ1) is 12.3. The van der Waals surface area contributed by atoms with Crippen molar-refractivity contribution in [2.45, 2.75) is 0 Å². The number of pyridine rings is 2. The Kier molecular flexibility index (Phi) is 3.52. The summed E-state index contributed by atoms with van der Waals surface area (Å²) in [4.78, 5) is 27.9. The van der Waals surface area contributed by atoms with E-state index in [1.807, 2.05) is 30.3 Å². The molecule has 118 valence electrons. The molecule has 0 saturated heterocycles. The first-order valence-corrected chi connectivity index (χ1v) is 7.56. The first kappa shape index (κ1) is 14.7. The second-order valence-electron chi connectivity index (χ2n) is 5.39. The normalized spacial score (nSPS) is 10.5. The van der Waals surface area contributed by atoms with Crippen molar-refractivity contribution in [2.24, 2.45) is 0 Å². The second kappa shape index (κ2) is 5.98. The molecule has 0 aliphatic rings. The van der Waals surface area contributed by atoms with Gasteiger partial charge in [0.2, 0.25) is 0 Å². The average Bonchev–Trinajstić information content (AvgIpc) is 2.68. The van der Waals surface area contributed by atoms with Crippen LogP contribution in [0, 0.1) is 11.3 Å². The predicted molar refractivity (Wildman–Crippen MR) is 93.5 cm³/mol. The zero-order chi connectivity index (χ0) is 17.2. The van der Waals surface area contributed by atoms with Crippen LogP contribution in [0.2, 0.25) is 0 Å². The van der Waals surface area contributed by atoms with Crippen LogP contribution >= 0.6 is 0 Å². The molecule has 1 aromatic carbocycles. The van der Waals surface area contributed by atoms with Crippen LogP contribution in [0.1, 0.15) is 5.56 Å². The number of nitrogens with one attached hydrogen (secondary N) is 1. The zero-order valence-corrected chi connectivity index (χ0v) is 13.0. The summed E-state index contributed by atoms with van der Waals surface area (Å²) in [6.45, 7) is 0. The highest BCUT2D eigenvalue weighted by Gasteiger charge is 2.14. The summed E-state index contributed by atoms with van der Waals surface area (Å²) in [5.74, 6) is 0. The number of aromatic nitrogens is 4. The molecule has 4 aromatic rings. The zero-order valence-electron chi connectivity index (χ0n) is 13.0. The van der Waals surface area contributed by atoms with Gasteiger partial charge in [0.05, 0.1) is 28.6 Å². The van der Waals surface area contributed by atoms with E-state index in [9.17, 15) is 10.1 Å². The first-order valence-electron chi connectivity index (χ1n) is 7.56. The molecule has 3 heterocycles. The number of aromatic amines is 1. The molecule has 6 heteroatoms. The second-order valence-corrected chi connectivity index (χ2v) is 5.39. The predicted octanol–water partition coefficient (Wildman–Crippen LogP) is 2.92. The van der Waals surface area contributed by atoms with Crippen molar-refractivity contribution in [3.8, 4) is 28.6 Å². The van der Waals surface area contributed by atoms with Gasteiger partial charge < -0.3 is 4.98 Å². The number of H-pyrrole nitrogens is 1. The van der Waals surface area contributed by atoms with E-state index in [1.165, 1.54) is 0 Å².